The van der Waals surface area contributed by atoms with E-state index in [0.717, 1.165) is 6.42 Å². The van der Waals surface area contributed by atoms with Crippen LogP contribution >= 0.6 is 15.9 Å². The third-order valence-electron chi connectivity index (χ3n) is 3.30. The number of benzene rings is 1. The highest BCUT2D eigenvalue weighted by Gasteiger charge is 2.31. The number of ketones is 1. The zero-order valence-corrected chi connectivity index (χ0v) is 12.4. The predicted molar refractivity (Wildman–Crippen MR) is 75.1 cm³/mol. The Kier molecular flexibility index (Phi) is 4.39. The highest BCUT2D eigenvalue weighted by atomic mass is 79.9. The molecule has 2 atom stereocenters. The molecular formula is C13H14BrNO5. The Bertz CT molecular complexity index is 525. The SMILES string of the molecule is CC(=O)c1cc(Br)cc([N+](=O)[O-])c1OC1CCCC1O. The van der Waals surface area contributed by atoms with Crippen LogP contribution in [0.5, 0.6) is 5.75 Å². The monoisotopic (exact) mass is 343 g/mol. The first-order valence-corrected chi connectivity index (χ1v) is 7.03. The number of aliphatic hydroxyl groups is 1. The number of nitrogens with zero attached hydrogens (tertiary/aromatic N) is 1. The second-order valence-corrected chi connectivity index (χ2v) is 5.69. The lowest BCUT2D eigenvalue weighted by Crippen LogP contribution is -2.26. The minimum absolute atomic E-state index is 0.0587. The second-order valence-electron chi connectivity index (χ2n) is 4.77. The van der Waals surface area contributed by atoms with E-state index in [1.807, 2.05) is 0 Å². The molecule has 2 unspecified atom stereocenters. The van der Waals surface area contributed by atoms with E-state index in [9.17, 15) is 20.0 Å². The number of hydrogen-bond acceptors (Lipinski definition) is 5. The van der Waals surface area contributed by atoms with Crippen molar-refractivity contribution in [2.45, 2.75) is 38.4 Å². The Balaban J connectivity index is 2.47. The molecule has 0 amide bonds. The molecule has 7 heteroatoms. The topological polar surface area (TPSA) is 89.7 Å². The van der Waals surface area contributed by atoms with E-state index in [1.165, 1.54) is 19.1 Å². The number of rotatable bonds is 4. The highest BCUT2D eigenvalue weighted by molar-refractivity contribution is 9.10. The summed E-state index contributed by atoms with van der Waals surface area (Å²) in [5.41, 5.74) is -0.131. The minimum atomic E-state index is -0.655. The van der Waals surface area contributed by atoms with Crippen LogP contribution < -0.4 is 4.74 Å². The highest BCUT2D eigenvalue weighted by Crippen LogP contribution is 2.37. The number of Topliss-reactive ketones (excluding diaryl/α,β-unsaturated/α-hetero) is 1. The maximum atomic E-state index is 11.7. The molecule has 1 aliphatic carbocycles. The lowest BCUT2D eigenvalue weighted by molar-refractivity contribution is -0.386. The Labute approximate surface area is 124 Å². The van der Waals surface area contributed by atoms with Crippen molar-refractivity contribution in [1.29, 1.82) is 0 Å². The summed E-state index contributed by atoms with van der Waals surface area (Å²) in [5.74, 6) is -0.381. The second kappa shape index (κ2) is 5.88. The van der Waals surface area contributed by atoms with Crippen LogP contribution in [0.4, 0.5) is 5.69 Å². The van der Waals surface area contributed by atoms with Gasteiger partial charge in [0, 0.05) is 10.5 Å². The van der Waals surface area contributed by atoms with Gasteiger partial charge in [-0.05, 0) is 32.3 Å². The molecule has 2 rings (SSSR count). The summed E-state index contributed by atoms with van der Waals surface area (Å²) in [6, 6.07) is 2.79. The molecule has 1 fully saturated rings. The fourth-order valence-corrected chi connectivity index (χ4v) is 2.74. The Morgan fingerprint density at radius 3 is 2.70 bits per heavy atom. The van der Waals surface area contributed by atoms with Gasteiger partial charge in [-0.15, -0.1) is 0 Å². The maximum Gasteiger partial charge on any atom is 0.312 e. The summed E-state index contributed by atoms with van der Waals surface area (Å²) < 4.78 is 6.03. The van der Waals surface area contributed by atoms with Crippen molar-refractivity contribution in [3.8, 4) is 5.75 Å². The third kappa shape index (κ3) is 2.99. The van der Waals surface area contributed by atoms with E-state index in [0.29, 0.717) is 17.3 Å². The Hall–Kier alpha value is -1.47. The quantitative estimate of drug-likeness (QED) is 0.515. The van der Waals surface area contributed by atoms with Gasteiger partial charge >= 0.3 is 5.69 Å². The summed E-state index contributed by atoms with van der Waals surface area (Å²) in [4.78, 5) is 22.2. The molecule has 108 valence electrons. The van der Waals surface area contributed by atoms with Crippen LogP contribution in [0, 0.1) is 10.1 Å². The molecule has 6 nitrogen and oxygen atoms in total. The molecule has 0 saturated heterocycles. The molecule has 0 spiro atoms. The average Bonchev–Trinajstić information content (AvgIpc) is 2.76. The molecule has 1 aromatic carbocycles. The maximum absolute atomic E-state index is 11.7. The molecule has 1 aromatic rings. The molecule has 0 heterocycles. The third-order valence-corrected chi connectivity index (χ3v) is 3.75. The molecular weight excluding hydrogens is 330 g/mol. The first-order chi connectivity index (χ1) is 9.40. The zero-order chi connectivity index (χ0) is 14.9. The van der Waals surface area contributed by atoms with Crippen molar-refractivity contribution >= 4 is 27.4 Å². The number of ether oxygens (including phenoxy) is 1. The smallest absolute Gasteiger partial charge is 0.312 e. The van der Waals surface area contributed by atoms with Gasteiger partial charge in [-0.2, -0.15) is 0 Å². The Morgan fingerprint density at radius 2 is 2.20 bits per heavy atom. The molecule has 20 heavy (non-hydrogen) atoms. The van der Waals surface area contributed by atoms with E-state index in [2.05, 4.69) is 15.9 Å². The lowest BCUT2D eigenvalue weighted by Gasteiger charge is -2.18. The Morgan fingerprint density at radius 1 is 1.50 bits per heavy atom. The van der Waals surface area contributed by atoms with E-state index >= 15 is 0 Å². The van der Waals surface area contributed by atoms with Gasteiger partial charge in [0.15, 0.2) is 5.78 Å². The van der Waals surface area contributed by atoms with E-state index in [1.54, 1.807) is 0 Å². The van der Waals surface area contributed by atoms with Crippen LogP contribution in [0.15, 0.2) is 16.6 Å². The first-order valence-electron chi connectivity index (χ1n) is 6.23. The summed E-state index contributed by atoms with van der Waals surface area (Å²) in [7, 11) is 0. The van der Waals surface area contributed by atoms with Gasteiger partial charge in [0.25, 0.3) is 0 Å². The summed E-state index contributed by atoms with van der Waals surface area (Å²) in [6.07, 6.45) is 0.854. The van der Waals surface area contributed by atoms with Gasteiger partial charge < -0.3 is 9.84 Å². The van der Waals surface area contributed by atoms with Crippen LogP contribution in [0.1, 0.15) is 36.5 Å². The largest absolute Gasteiger partial charge is 0.480 e. The standard InChI is InChI=1S/C13H14BrNO5/c1-7(16)9-5-8(14)6-10(15(18)19)13(9)20-12-4-2-3-11(12)17/h5-6,11-12,17H,2-4H2,1H3. The number of hydrogen-bond donors (Lipinski definition) is 1. The molecule has 0 radical (unpaired) electrons. The molecule has 0 aliphatic heterocycles. The van der Waals surface area contributed by atoms with Crippen LogP contribution in [0.25, 0.3) is 0 Å². The molecule has 1 N–H and O–H groups in total. The van der Waals surface area contributed by atoms with Gasteiger partial charge in [0.2, 0.25) is 5.75 Å². The van der Waals surface area contributed by atoms with Gasteiger partial charge in [-0.25, -0.2) is 0 Å². The normalized spacial score (nSPS) is 21.8. The van der Waals surface area contributed by atoms with Crippen molar-refractivity contribution in [1.82, 2.24) is 0 Å². The van der Waals surface area contributed by atoms with E-state index in [-0.39, 0.29) is 22.8 Å². The first kappa shape index (κ1) is 14.9. The fourth-order valence-electron chi connectivity index (χ4n) is 2.30. The van der Waals surface area contributed by atoms with Crippen LogP contribution in [0.2, 0.25) is 0 Å². The van der Waals surface area contributed by atoms with Gasteiger partial charge in [-0.1, -0.05) is 15.9 Å². The zero-order valence-electron chi connectivity index (χ0n) is 10.8. The number of halogens is 1. The summed E-state index contributed by atoms with van der Waals surface area (Å²) in [6.45, 7) is 1.32. The van der Waals surface area contributed by atoms with Gasteiger partial charge in [-0.3, -0.25) is 14.9 Å². The van der Waals surface area contributed by atoms with E-state index < -0.39 is 17.1 Å². The minimum Gasteiger partial charge on any atom is -0.480 e. The molecule has 0 bridgehead atoms. The molecule has 1 aliphatic rings. The van der Waals surface area contributed by atoms with Gasteiger partial charge in [0.05, 0.1) is 16.6 Å². The number of nitro benzene ring substituents is 1. The molecule has 1 saturated carbocycles. The van der Waals surface area contributed by atoms with E-state index in [4.69, 9.17) is 4.74 Å². The fraction of sp³-hybridized carbons (Fsp3) is 0.462. The number of nitro groups is 1. The average molecular weight is 344 g/mol. The van der Waals surface area contributed by atoms with Crippen molar-refractivity contribution in [2.24, 2.45) is 0 Å². The lowest BCUT2D eigenvalue weighted by atomic mass is 10.1. The number of carbonyl (C=O) groups excluding carboxylic acids is 1. The number of carbonyl (C=O) groups is 1. The van der Waals surface area contributed by atoms with Crippen molar-refractivity contribution in [3.63, 3.8) is 0 Å². The van der Waals surface area contributed by atoms with Crippen LogP contribution in [-0.4, -0.2) is 28.0 Å². The van der Waals surface area contributed by atoms with Crippen molar-refractivity contribution < 1.29 is 19.6 Å². The summed E-state index contributed by atoms with van der Waals surface area (Å²) in [5, 5.41) is 20.9. The van der Waals surface area contributed by atoms with Gasteiger partial charge in [0.1, 0.15) is 6.10 Å². The summed E-state index contributed by atoms with van der Waals surface area (Å²) >= 11 is 3.15. The van der Waals surface area contributed by atoms with Crippen LogP contribution in [0.3, 0.4) is 0 Å². The van der Waals surface area contributed by atoms with Crippen LogP contribution in [-0.2, 0) is 0 Å². The predicted octanol–water partition coefficient (Wildman–Crippen LogP) is 2.85. The van der Waals surface area contributed by atoms with Crippen molar-refractivity contribution in [3.05, 3.63) is 32.3 Å². The van der Waals surface area contributed by atoms with Crippen molar-refractivity contribution in [2.75, 3.05) is 0 Å². The number of aliphatic hydroxyl groups excluding tert-OH is 1. The molecule has 0 aromatic heterocycles.